The molecule has 1 aliphatic heterocycles. The van der Waals surface area contributed by atoms with Crippen molar-refractivity contribution in [3.63, 3.8) is 0 Å². The molecule has 2 heterocycles. The van der Waals surface area contributed by atoms with Crippen LogP contribution in [0.2, 0.25) is 0 Å². The second kappa shape index (κ2) is 9.21. The summed E-state index contributed by atoms with van der Waals surface area (Å²) in [6, 6.07) is 8.51. The molecule has 0 saturated carbocycles. The predicted molar refractivity (Wildman–Crippen MR) is 106 cm³/mol. The van der Waals surface area contributed by atoms with Crippen LogP contribution in [0.3, 0.4) is 0 Å². The van der Waals surface area contributed by atoms with Crippen LogP contribution < -0.4 is 11.1 Å². The van der Waals surface area contributed by atoms with Crippen molar-refractivity contribution >= 4 is 11.9 Å². The first kappa shape index (κ1) is 21.7. The molecule has 1 aliphatic rings. The van der Waals surface area contributed by atoms with E-state index in [0.29, 0.717) is 24.8 Å². The molecule has 0 atom stereocenters. The molecule has 0 bridgehead atoms. The quantitative estimate of drug-likeness (QED) is 0.569. The normalized spacial score (nSPS) is 16.0. The highest BCUT2D eigenvalue weighted by Crippen LogP contribution is 2.29. The van der Waals surface area contributed by atoms with Gasteiger partial charge in [-0.3, -0.25) is 14.7 Å². The number of guanidine groups is 1. The molecule has 3 rings (SSSR count). The lowest BCUT2D eigenvalue weighted by Gasteiger charge is -2.36. The number of aliphatic imine (C=N–C) groups is 1. The average molecular weight is 423 g/mol. The number of amides is 1. The molecular formula is C20H24F3N5O2. The molecule has 1 amide bonds. The van der Waals surface area contributed by atoms with Crippen LogP contribution in [0.25, 0.3) is 0 Å². The fourth-order valence-corrected chi connectivity index (χ4v) is 3.28. The Bertz CT molecular complexity index is 885. The van der Waals surface area contributed by atoms with Crippen LogP contribution in [-0.4, -0.2) is 54.9 Å². The molecule has 2 aromatic rings. The van der Waals surface area contributed by atoms with E-state index in [1.165, 1.54) is 18.2 Å². The van der Waals surface area contributed by atoms with Gasteiger partial charge in [0, 0.05) is 39.8 Å². The van der Waals surface area contributed by atoms with E-state index in [1.807, 2.05) is 0 Å². The summed E-state index contributed by atoms with van der Waals surface area (Å²) in [5.74, 6) is 0.778. The minimum atomic E-state index is -4.32. The number of carbonyl (C=O) groups excluding carboxylic acids is 1. The molecule has 162 valence electrons. The van der Waals surface area contributed by atoms with Crippen molar-refractivity contribution in [2.45, 2.75) is 19.3 Å². The molecule has 0 aliphatic carbocycles. The molecule has 10 heteroatoms. The zero-order valence-electron chi connectivity index (χ0n) is 16.6. The number of carbonyl (C=O) groups is 1. The second-order valence-electron chi connectivity index (χ2n) is 6.99. The lowest BCUT2D eigenvalue weighted by molar-refractivity contribution is -0.137. The number of alkyl halides is 3. The molecule has 1 saturated heterocycles. The first-order chi connectivity index (χ1) is 14.3. The maximum Gasteiger partial charge on any atom is 0.416 e. The summed E-state index contributed by atoms with van der Waals surface area (Å²) in [6.45, 7) is 3.94. The third-order valence-corrected chi connectivity index (χ3v) is 4.90. The van der Waals surface area contributed by atoms with Crippen LogP contribution in [0.5, 0.6) is 0 Å². The van der Waals surface area contributed by atoms with Gasteiger partial charge in [-0.15, -0.1) is 0 Å². The Balaban J connectivity index is 1.48. The standard InChI is InChI=1S/C20H24F3N5O2/c1-25-19(26-12-16-6-7-17(30-16)18(24)29)28-10-8-27(9-11-28)13-14-2-4-15(5-3-14)20(21,22)23/h2-7H,8-13H2,1H3,(H2,24,29)(H,25,26). The van der Waals surface area contributed by atoms with Gasteiger partial charge in [-0.25, -0.2) is 0 Å². The van der Waals surface area contributed by atoms with Crippen LogP contribution in [0, 0.1) is 0 Å². The number of hydrogen-bond donors (Lipinski definition) is 2. The third kappa shape index (κ3) is 5.53. The van der Waals surface area contributed by atoms with Crippen LogP contribution in [0.15, 0.2) is 45.8 Å². The summed E-state index contributed by atoms with van der Waals surface area (Å²) < 4.78 is 43.4. The van der Waals surface area contributed by atoms with Gasteiger partial charge < -0.3 is 20.4 Å². The Morgan fingerprint density at radius 3 is 2.33 bits per heavy atom. The summed E-state index contributed by atoms with van der Waals surface area (Å²) in [5, 5.41) is 3.20. The smallest absolute Gasteiger partial charge is 0.416 e. The van der Waals surface area contributed by atoms with E-state index in [0.717, 1.165) is 43.9 Å². The SMILES string of the molecule is CN=C(NCc1ccc(C(N)=O)o1)N1CCN(Cc2ccc(C(F)(F)F)cc2)CC1. The van der Waals surface area contributed by atoms with Gasteiger partial charge in [0.1, 0.15) is 5.76 Å². The van der Waals surface area contributed by atoms with E-state index in [4.69, 9.17) is 10.2 Å². The topological polar surface area (TPSA) is 87.1 Å². The molecule has 1 aromatic heterocycles. The first-order valence-corrected chi connectivity index (χ1v) is 9.49. The Labute approximate surface area is 172 Å². The molecule has 0 spiro atoms. The van der Waals surface area contributed by atoms with Crippen molar-refractivity contribution < 1.29 is 22.4 Å². The van der Waals surface area contributed by atoms with E-state index in [2.05, 4.69) is 20.1 Å². The first-order valence-electron chi connectivity index (χ1n) is 9.49. The van der Waals surface area contributed by atoms with E-state index in [1.54, 1.807) is 13.1 Å². The van der Waals surface area contributed by atoms with Gasteiger partial charge in [-0.1, -0.05) is 12.1 Å². The van der Waals surface area contributed by atoms with Gasteiger partial charge in [0.05, 0.1) is 12.1 Å². The molecule has 30 heavy (non-hydrogen) atoms. The maximum absolute atomic E-state index is 12.7. The van der Waals surface area contributed by atoms with E-state index >= 15 is 0 Å². The molecule has 1 aromatic carbocycles. The molecule has 3 N–H and O–H groups in total. The van der Waals surface area contributed by atoms with Gasteiger partial charge in [-0.2, -0.15) is 13.2 Å². The van der Waals surface area contributed by atoms with Gasteiger partial charge in [0.2, 0.25) is 0 Å². The van der Waals surface area contributed by atoms with Crippen LogP contribution >= 0.6 is 0 Å². The van der Waals surface area contributed by atoms with Crippen molar-refractivity contribution in [3.8, 4) is 0 Å². The van der Waals surface area contributed by atoms with Crippen molar-refractivity contribution in [1.29, 1.82) is 0 Å². The van der Waals surface area contributed by atoms with Gasteiger partial charge in [0.25, 0.3) is 5.91 Å². The van der Waals surface area contributed by atoms with Crippen molar-refractivity contribution in [2.24, 2.45) is 10.7 Å². The van der Waals surface area contributed by atoms with E-state index in [9.17, 15) is 18.0 Å². The second-order valence-corrected chi connectivity index (χ2v) is 6.99. The summed E-state index contributed by atoms with van der Waals surface area (Å²) in [7, 11) is 1.69. The van der Waals surface area contributed by atoms with Gasteiger partial charge in [0.15, 0.2) is 11.7 Å². The number of furan rings is 1. The van der Waals surface area contributed by atoms with Crippen molar-refractivity contribution in [3.05, 3.63) is 59.0 Å². The number of nitrogens with zero attached hydrogens (tertiary/aromatic N) is 3. The Hall–Kier alpha value is -3.01. The minimum absolute atomic E-state index is 0.110. The lowest BCUT2D eigenvalue weighted by Crippen LogP contribution is -2.52. The number of nitrogens with one attached hydrogen (secondary N) is 1. The summed E-state index contributed by atoms with van der Waals surface area (Å²) in [6.07, 6.45) is -4.32. The Morgan fingerprint density at radius 2 is 1.80 bits per heavy atom. The highest BCUT2D eigenvalue weighted by atomic mass is 19.4. The van der Waals surface area contributed by atoms with Crippen molar-refractivity contribution in [2.75, 3.05) is 33.2 Å². The van der Waals surface area contributed by atoms with Gasteiger partial charge >= 0.3 is 6.18 Å². The monoisotopic (exact) mass is 423 g/mol. The highest BCUT2D eigenvalue weighted by Gasteiger charge is 2.30. The molecule has 7 nitrogen and oxygen atoms in total. The van der Waals surface area contributed by atoms with Gasteiger partial charge in [-0.05, 0) is 29.8 Å². The number of hydrogen-bond acceptors (Lipinski definition) is 4. The number of halogens is 3. The highest BCUT2D eigenvalue weighted by molar-refractivity contribution is 5.89. The van der Waals surface area contributed by atoms with Crippen LogP contribution in [0.4, 0.5) is 13.2 Å². The Kier molecular flexibility index (Phi) is 6.66. The third-order valence-electron chi connectivity index (χ3n) is 4.90. The van der Waals surface area contributed by atoms with E-state index < -0.39 is 17.6 Å². The van der Waals surface area contributed by atoms with Crippen LogP contribution in [-0.2, 0) is 19.3 Å². The van der Waals surface area contributed by atoms with E-state index in [-0.39, 0.29) is 5.76 Å². The summed E-state index contributed by atoms with van der Waals surface area (Å²) in [5.41, 5.74) is 5.40. The maximum atomic E-state index is 12.7. The summed E-state index contributed by atoms with van der Waals surface area (Å²) >= 11 is 0. The number of benzene rings is 1. The Morgan fingerprint density at radius 1 is 1.13 bits per heavy atom. The molecule has 0 unspecified atom stereocenters. The minimum Gasteiger partial charge on any atom is -0.454 e. The number of nitrogens with two attached hydrogens (primary N) is 1. The fourth-order valence-electron chi connectivity index (χ4n) is 3.28. The fraction of sp³-hybridized carbons (Fsp3) is 0.400. The molecule has 1 fully saturated rings. The average Bonchev–Trinajstić information content (AvgIpc) is 3.19. The number of primary amides is 1. The van der Waals surface area contributed by atoms with Crippen LogP contribution in [0.1, 0.15) is 27.4 Å². The summed E-state index contributed by atoms with van der Waals surface area (Å²) in [4.78, 5) is 19.7. The zero-order valence-corrected chi connectivity index (χ0v) is 16.6. The number of rotatable bonds is 5. The lowest BCUT2D eigenvalue weighted by atomic mass is 10.1. The largest absolute Gasteiger partial charge is 0.454 e. The number of piperazine rings is 1. The van der Waals surface area contributed by atoms with Crippen molar-refractivity contribution in [1.82, 2.24) is 15.1 Å². The zero-order chi connectivity index (χ0) is 21.7. The predicted octanol–water partition coefficient (Wildman–Crippen LogP) is 2.29. The molecule has 0 radical (unpaired) electrons. The molecular weight excluding hydrogens is 399 g/mol.